The summed E-state index contributed by atoms with van der Waals surface area (Å²) in [7, 11) is 0. The topological polar surface area (TPSA) is 108 Å². The molecule has 31 heavy (non-hydrogen) atoms. The molecule has 0 atom stereocenters. The Morgan fingerprint density at radius 2 is 1.97 bits per heavy atom. The first-order valence-electron chi connectivity index (χ1n) is 9.17. The van der Waals surface area contributed by atoms with Crippen LogP contribution >= 0.6 is 24.0 Å². The van der Waals surface area contributed by atoms with Crippen LogP contribution in [0.5, 0.6) is 11.5 Å². The molecule has 2 aliphatic rings. The molecule has 0 unspecified atom stereocenters. The van der Waals surface area contributed by atoms with E-state index in [0.29, 0.717) is 20.7 Å². The average Bonchev–Trinajstić information content (AvgIpc) is 3.31. The maximum atomic E-state index is 12.7. The summed E-state index contributed by atoms with van der Waals surface area (Å²) < 4.78 is 11.0. The van der Waals surface area contributed by atoms with Gasteiger partial charge in [0.15, 0.2) is 11.5 Å². The number of para-hydroxylation sites is 1. The van der Waals surface area contributed by atoms with Crippen LogP contribution < -0.4 is 19.9 Å². The summed E-state index contributed by atoms with van der Waals surface area (Å²) in [4.78, 5) is 38.0. The summed E-state index contributed by atoms with van der Waals surface area (Å²) in [5.41, 5.74) is 0.787. The van der Waals surface area contributed by atoms with Gasteiger partial charge in [0.2, 0.25) is 12.7 Å². The number of carboxylic acids is 1. The maximum absolute atomic E-state index is 12.7. The number of anilines is 1. The lowest BCUT2D eigenvalue weighted by atomic mass is 10.1. The van der Waals surface area contributed by atoms with Crippen LogP contribution in [0, 0.1) is 0 Å². The van der Waals surface area contributed by atoms with E-state index in [1.165, 1.54) is 23.1 Å². The Hall–Kier alpha value is -3.37. The van der Waals surface area contributed by atoms with Crippen molar-refractivity contribution in [3.8, 4) is 11.5 Å². The summed E-state index contributed by atoms with van der Waals surface area (Å²) in [6.45, 7) is 0.235. The highest BCUT2D eigenvalue weighted by Gasteiger charge is 2.32. The average molecular weight is 455 g/mol. The molecule has 0 bridgehead atoms. The zero-order valence-electron chi connectivity index (χ0n) is 16.0. The number of carboxylic acid groups (broad SMARTS) is 1. The number of thioether (sulfide) groups is 1. The summed E-state index contributed by atoms with van der Waals surface area (Å²) in [5, 5.41) is 13.7. The van der Waals surface area contributed by atoms with Crippen LogP contribution in [0.1, 0.15) is 22.3 Å². The summed E-state index contributed by atoms with van der Waals surface area (Å²) >= 11 is 6.44. The molecule has 0 saturated carbocycles. The molecule has 1 fully saturated rings. The van der Waals surface area contributed by atoms with Gasteiger partial charge < -0.3 is 24.7 Å². The fourth-order valence-electron chi connectivity index (χ4n) is 3.04. The second kappa shape index (κ2) is 8.78. The molecule has 4 rings (SSSR count). The van der Waals surface area contributed by atoms with Crippen LogP contribution in [0.25, 0.3) is 6.08 Å². The second-order valence-electron chi connectivity index (χ2n) is 6.58. The Morgan fingerprint density at radius 3 is 2.77 bits per heavy atom. The van der Waals surface area contributed by atoms with Crippen LogP contribution in [0.4, 0.5) is 5.69 Å². The van der Waals surface area contributed by atoms with Crippen molar-refractivity contribution in [1.82, 2.24) is 4.90 Å². The number of nitrogens with zero attached hydrogens (tertiary/aromatic N) is 1. The molecule has 2 aromatic carbocycles. The number of hydrogen-bond donors (Lipinski definition) is 1. The SMILES string of the molecule is O=C(CCN1C(=O)/C(=C/c2ccc3c(c2)OCO3)SC1=S)Nc1ccccc1C(=O)[O-]. The van der Waals surface area contributed by atoms with Gasteiger partial charge >= 0.3 is 0 Å². The smallest absolute Gasteiger partial charge is 0.266 e. The molecule has 2 aromatic rings. The lowest BCUT2D eigenvalue weighted by Gasteiger charge is -2.15. The molecule has 1 N–H and O–H groups in total. The second-order valence-corrected chi connectivity index (χ2v) is 8.25. The lowest BCUT2D eigenvalue weighted by Crippen LogP contribution is -2.32. The van der Waals surface area contributed by atoms with Gasteiger partial charge in [-0.25, -0.2) is 0 Å². The van der Waals surface area contributed by atoms with Crippen molar-refractivity contribution >= 4 is 57.8 Å². The highest BCUT2D eigenvalue weighted by Crippen LogP contribution is 2.36. The number of thiocarbonyl (C=S) groups is 1. The fraction of sp³-hybridized carbons (Fsp3) is 0.143. The molecule has 1 saturated heterocycles. The number of carbonyl (C=O) groups is 3. The molecule has 158 valence electrons. The number of ether oxygens (including phenoxy) is 2. The zero-order valence-corrected chi connectivity index (χ0v) is 17.6. The minimum absolute atomic E-state index is 0.0505. The van der Waals surface area contributed by atoms with E-state index in [1.807, 2.05) is 6.07 Å². The highest BCUT2D eigenvalue weighted by atomic mass is 32.2. The molecule has 10 heteroatoms. The lowest BCUT2D eigenvalue weighted by molar-refractivity contribution is -0.254. The van der Waals surface area contributed by atoms with Gasteiger partial charge in [-0.1, -0.05) is 48.2 Å². The first kappa shape index (κ1) is 20.9. The molecular formula is C21H15N2O6S2-. The van der Waals surface area contributed by atoms with Gasteiger partial charge in [-0.3, -0.25) is 14.5 Å². The van der Waals surface area contributed by atoms with Gasteiger partial charge in [-0.05, 0) is 29.8 Å². The van der Waals surface area contributed by atoms with Gasteiger partial charge in [-0.2, -0.15) is 0 Å². The Bertz CT molecular complexity index is 1130. The standard InChI is InChI=1S/C21H16N2O6S2/c24-18(22-14-4-2-1-3-13(14)20(26)27)7-8-23-19(25)17(31-21(23)30)10-12-5-6-15-16(9-12)29-11-28-15/h1-6,9-10H,7-8,11H2,(H,22,24)(H,26,27)/p-1/b17-10-. The molecule has 0 radical (unpaired) electrons. The predicted octanol–water partition coefficient (Wildman–Crippen LogP) is 2.01. The monoisotopic (exact) mass is 455 g/mol. The van der Waals surface area contributed by atoms with Crippen molar-refractivity contribution in [1.29, 1.82) is 0 Å². The van der Waals surface area contributed by atoms with Crippen LogP contribution in [0.15, 0.2) is 47.4 Å². The van der Waals surface area contributed by atoms with Gasteiger partial charge in [-0.15, -0.1) is 0 Å². The Balaban J connectivity index is 1.39. The third kappa shape index (κ3) is 4.54. The molecule has 0 aliphatic carbocycles. The predicted molar refractivity (Wildman–Crippen MR) is 116 cm³/mol. The number of carbonyl (C=O) groups excluding carboxylic acids is 3. The minimum atomic E-state index is -1.39. The van der Waals surface area contributed by atoms with E-state index in [2.05, 4.69) is 5.32 Å². The summed E-state index contributed by atoms with van der Waals surface area (Å²) in [5.74, 6) is -0.867. The number of fused-ring (bicyclic) bond motifs is 1. The summed E-state index contributed by atoms with van der Waals surface area (Å²) in [6, 6.07) is 11.3. The molecule has 0 spiro atoms. The van der Waals surface area contributed by atoms with Gasteiger partial charge in [0.05, 0.1) is 10.9 Å². The van der Waals surface area contributed by atoms with Crippen LogP contribution in [0.3, 0.4) is 0 Å². The van der Waals surface area contributed by atoms with E-state index >= 15 is 0 Å². The van der Waals surface area contributed by atoms with Crippen molar-refractivity contribution in [2.45, 2.75) is 6.42 Å². The van der Waals surface area contributed by atoms with Crippen LogP contribution in [0.2, 0.25) is 0 Å². The van der Waals surface area contributed by atoms with E-state index in [4.69, 9.17) is 21.7 Å². The Morgan fingerprint density at radius 1 is 1.19 bits per heavy atom. The van der Waals surface area contributed by atoms with Crippen molar-refractivity contribution in [3.63, 3.8) is 0 Å². The zero-order chi connectivity index (χ0) is 22.0. The van der Waals surface area contributed by atoms with Crippen molar-refractivity contribution in [2.75, 3.05) is 18.7 Å². The molecule has 2 heterocycles. The van der Waals surface area contributed by atoms with Gasteiger partial charge in [0.1, 0.15) is 4.32 Å². The number of amides is 2. The van der Waals surface area contributed by atoms with E-state index in [0.717, 1.165) is 17.3 Å². The van der Waals surface area contributed by atoms with Crippen molar-refractivity contribution in [2.24, 2.45) is 0 Å². The summed E-state index contributed by atoms with van der Waals surface area (Å²) in [6.07, 6.45) is 1.66. The van der Waals surface area contributed by atoms with Crippen molar-refractivity contribution < 1.29 is 29.0 Å². The number of rotatable bonds is 6. The van der Waals surface area contributed by atoms with E-state index in [9.17, 15) is 19.5 Å². The molecule has 2 amide bonds. The normalized spacial score (nSPS) is 16.1. The van der Waals surface area contributed by atoms with Gasteiger partial charge in [0, 0.05) is 24.2 Å². The van der Waals surface area contributed by atoms with Gasteiger partial charge in [0.25, 0.3) is 5.91 Å². The number of nitrogens with one attached hydrogen (secondary N) is 1. The Kier molecular flexibility index (Phi) is 5.92. The molecule has 0 aromatic heterocycles. The van der Waals surface area contributed by atoms with Crippen molar-refractivity contribution in [3.05, 3.63) is 58.5 Å². The quantitative estimate of drug-likeness (QED) is 0.521. The molecule has 2 aliphatic heterocycles. The molecule has 8 nitrogen and oxygen atoms in total. The maximum Gasteiger partial charge on any atom is 0.266 e. The highest BCUT2D eigenvalue weighted by molar-refractivity contribution is 8.26. The number of benzene rings is 2. The number of aromatic carboxylic acids is 1. The van der Waals surface area contributed by atoms with Crippen LogP contribution in [-0.2, 0) is 9.59 Å². The molecular weight excluding hydrogens is 440 g/mol. The van der Waals surface area contributed by atoms with E-state index in [-0.39, 0.29) is 36.9 Å². The van der Waals surface area contributed by atoms with E-state index < -0.39 is 11.9 Å². The first-order chi connectivity index (χ1) is 14.9. The third-order valence-electron chi connectivity index (χ3n) is 4.55. The largest absolute Gasteiger partial charge is 0.545 e. The third-order valence-corrected chi connectivity index (χ3v) is 5.93. The number of hydrogen-bond acceptors (Lipinski definition) is 8. The fourth-order valence-corrected chi connectivity index (χ4v) is 4.35. The van der Waals surface area contributed by atoms with Crippen LogP contribution in [-0.4, -0.2) is 40.3 Å². The Labute approximate surface area is 186 Å². The van der Waals surface area contributed by atoms with E-state index in [1.54, 1.807) is 24.3 Å². The first-order valence-corrected chi connectivity index (χ1v) is 10.4. The minimum Gasteiger partial charge on any atom is -0.545 e.